The lowest BCUT2D eigenvalue weighted by Gasteiger charge is -2.33. The largest absolute Gasteiger partial charge is 0.395 e. The first-order valence-electron chi connectivity index (χ1n) is 9.28. The summed E-state index contributed by atoms with van der Waals surface area (Å²) in [5.74, 6) is 1.04. The summed E-state index contributed by atoms with van der Waals surface area (Å²) in [6, 6.07) is -0.931. The Hall–Kier alpha value is -1.88. The fraction of sp³-hybridized carbons (Fsp3) is 0.765. The maximum Gasteiger partial charge on any atom is 0.333 e. The zero-order valence-corrected chi connectivity index (χ0v) is 16.3. The van der Waals surface area contributed by atoms with Crippen LogP contribution in [0.3, 0.4) is 0 Å². The number of carbonyl (C=O) groups excluding carboxylic acids is 2. The van der Waals surface area contributed by atoms with Crippen molar-refractivity contribution < 1.29 is 24.0 Å². The van der Waals surface area contributed by atoms with Crippen LogP contribution in [0.2, 0.25) is 0 Å². The highest BCUT2D eigenvalue weighted by Gasteiger charge is 2.52. The Bertz CT molecular complexity index is 656. The highest BCUT2D eigenvalue weighted by Crippen LogP contribution is 2.19. The highest BCUT2D eigenvalue weighted by molar-refractivity contribution is 6.23. The minimum atomic E-state index is -0.571. The monoisotopic (exact) mass is 381 g/mol. The molecule has 2 fully saturated rings. The number of piperazine rings is 1. The third kappa shape index (κ3) is 3.88. The summed E-state index contributed by atoms with van der Waals surface area (Å²) >= 11 is 0. The number of methoxy groups -OCH3 is 1. The van der Waals surface area contributed by atoms with E-state index in [1.54, 1.807) is 14.2 Å². The van der Waals surface area contributed by atoms with E-state index in [0.29, 0.717) is 32.1 Å². The number of amides is 3. The molecule has 3 aliphatic rings. The van der Waals surface area contributed by atoms with Crippen LogP contribution in [0.4, 0.5) is 4.79 Å². The molecular weight excluding hydrogens is 352 g/mol. The van der Waals surface area contributed by atoms with Gasteiger partial charge in [-0.2, -0.15) is 0 Å². The van der Waals surface area contributed by atoms with Crippen molar-refractivity contribution in [2.45, 2.75) is 6.04 Å². The van der Waals surface area contributed by atoms with Gasteiger partial charge in [-0.05, 0) is 4.99 Å². The number of aliphatic hydroxyl groups is 1. The standard InChI is InChI=1S/C17H29N6O4/c1-19-15-14(16(25)20(2)17(19)26)23(9-11-27-3)13(18-15)12-22-6-4-21(5-7-22)8-10-24/h14,24H,4-12H2,1-3H3/q+1. The van der Waals surface area contributed by atoms with Gasteiger partial charge in [-0.15, -0.1) is 0 Å². The van der Waals surface area contributed by atoms with Crippen molar-refractivity contribution >= 4 is 23.6 Å². The molecule has 0 radical (unpaired) electrons. The van der Waals surface area contributed by atoms with Crippen LogP contribution in [-0.4, -0.2) is 139 Å². The van der Waals surface area contributed by atoms with Gasteiger partial charge in [0.15, 0.2) is 0 Å². The second kappa shape index (κ2) is 8.42. The Labute approximate surface area is 159 Å². The van der Waals surface area contributed by atoms with Crippen LogP contribution < -0.4 is 0 Å². The van der Waals surface area contributed by atoms with Crippen molar-refractivity contribution in [2.24, 2.45) is 4.99 Å². The van der Waals surface area contributed by atoms with Crippen LogP contribution in [0.5, 0.6) is 0 Å². The first-order chi connectivity index (χ1) is 13.0. The number of amidine groups is 2. The summed E-state index contributed by atoms with van der Waals surface area (Å²) in [6.45, 7) is 6.04. The Kier molecular flexibility index (Phi) is 6.20. The number of imide groups is 1. The molecule has 1 N–H and O–H groups in total. The number of rotatable bonds is 7. The number of nitrogens with zero attached hydrogens (tertiary/aromatic N) is 6. The first-order valence-corrected chi connectivity index (χ1v) is 9.28. The SMILES string of the molecule is COCC[N+]1=C(CN2CCN(CCO)CC2)N=C2C1C(=O)N(C)C(=O)N2C. The number of fused-ring (bicyclic) bond motifs is 1. The number of hydrogen-bond donors (Lipinski definition) is 1. The van der Waals surface area contributed by atoms with Gasteiger partial charge in [0.05, 0.1) is 13.2 Å². The third-order valence-corrected chi connectivity index (χ3v) is 5.40. The molecule has 0 aromatic rings. The second-order valence-electron chi connectivity index (χ2n) is 7.06. The molecule has 0 aromatic carbocycles. The maximum atomic E-state index is 12.7. The topological polar surface area (TPSA) is 91.9 Å². The number of ether oxygens (including phenoxy) is 1. The summed E-state index contributed by atoms with van der Waals surface area (Å²) in [5.41, 5.74) is 0. The lowest BCUT2D eigenvalue weighted by atomic mass is 10.1. The molecule has 3 amide bonds. The van der Waals surface area contributed by atoms with Gasteiger partial charge in [-0.3, -0.25) is 24.4 Å². The van der Waals surface area contributed by atoms with E-state index in [0.717, 1.165) is 36.9 Å². The van der Waals surface area contributed by atoms with Crippen molar-refractivity contribution in [3.63, 3.8) is 0 Å². The molecule has 150 valence electrons. The van der Waals surface area contributed by atoms with E-state index in [2.05, 4.69) is 14.8 Å². The Morgan fingerprint density at radius 2 is 1.81 bits per heavy atom. The van der Waals surface area contributed by atoms with E-state index in [1.165, 1.54) is 11.9 Å². The number of hydrogen-bond acceptors (Lipinski definition) is 7. The number of carbonyl (C=O) groups is 2. The Morgan fingerprint density at radius 3 is 2.44 bits per heavy atom. The molecule has 1 atom stereocenters. The van der Waals surface area contributed by atoms with Gasteiger partial charge in [0.1, 0.15) is 13.1 Å². The molecule has 0 spiro atoms. The zero-order valence-electron chi connectivity index (χ0n) is 16.3. The molecule has 0 aliphatic carbocycles. The first kappa shape index (κ1) is 19.9. The van der Waals surface area contributed by atoms with E-state index >= 15 is 0 Å². The Morgan fingerprint density at radius 1 is 1.15 bits per heavy atom. The summed E-state index contributed by atoms with van der Waals surface area (Å²) in [7, 11) is 4.79. The average molecular weight is 381 g/mol. The summed E-state index contributed by atoms with van der Waals surface area (Å²) in [6.07, 6.45) is 0. The minimum absolute atomic E-state index is 0.174. The molecule has 3 aliphatic heterocycles. The van der Waals surface area contributed by atoms with E-state index in [4.69, 9.17) is 9.84 Å². The van der Waals surface area contributed by atoms with E-state index in [9.17, 15) is 9.59 Å². The highest BCUT2D eigenvalue weighted by atomic mass is 16.5. The van der Waals surface area contributed by atoms with Crippen LogP contribution in [-0.2, 0) is 9.53 Å². The number of aliphatic imine (C=N–C) groups is 1. The van der Waals surface area contributed by atoms with Crippen molar-refractivity contribution in [3.05, 3.63) is 0 Å². The van der Waals surface area contributed by atoms with E-state index in [1.807, 2.05) is 4.58 Å². The number of urea groups is 1. The zero-order chi connectivity index (χ0) is 19.6. The van der Waals surface area contributed by atoms with Crippen molar-refractivity contribution in [1.82, 2.24) is 19.6 Å². The lowest BCUT2D eigenvalue weighted by molar-refractivity contribution is -0.538. The molecule has 27 heavy (non-hydrogen) atoms. The van der Waals surface area contributed by atoms with Crippen molar-refractivity contribution in [3.8, 4) is 0 Å². The molecular formula is C17H29N6O4+. The molecule has 3 rings (SSSR count). The smallest absolute Gasteiger partial charge is 0.333 e. The predicted octanol–water partition coefficient (Wildman–Crippen LogP) is -2.04. The fourth-order valence-electron chi connectivity index (χ4n) is 3.74. The van der Waals surface area contributed by atoms with Gasteiger partial charge in [0.2, 0.25) is 0 Å². The number of β-amino-alcohol motifs (C(OH)–C–C–N with tert-alkyl or cyclic N) is 1. The number of likely N-dealkylation sites (N-methyl/N-ethyl adjacent to an activating group) is 2. The van der Waals surface area contributed by atoms with Gasteiger partial charge < -0.3 is 9.84 Å². The third-order valence-electron chi connectivity index (χ3n) is 5.40. The molecule has 10 nitrogen and oxygen atoms in total. The quantitative estimate of drug-likeness (QED) is 0.511. The summed E-state index contributed by atoms with van der Waals surface area (Å²) < 4.78 is 7.18. The van der Waals surface area contributed by atoms with Crippen molar-refractivity contribution in [1.29, 1.82) is 0 Å². The van der Waals surface area contributed by atoms with Gasteiger partial charge in [0.25, 0.3) is 17.8 Å². The normalized spacial score (nSPS) is 24.7. The lowest BCUT2D eigenvalue weighted by Crippen LogP contribution is -2.61. The fourth-order valence-corrected chi connectivity index (χ4v) is 3.74. The predicted molar refractivity (Wildman–Crippen MR) is 99.1 cm³/mol. The van der Waals surface area contributed by atoms with Crippen LogP contribution in [0, 0.1) is 0 Å². The van der Waals surface area contributed by atoms with Gasteiger partial charge >= 0.3 is 11.9 Å². The molecule has 3 heterocycles. The second-order valence-corrected chi connectivity index (χ2v) is 7.06. The minimum Gasteiger partial charge on any atom is -0.395 e. The molecule has 0 bridgehead atoms. The van der Waals surface area contributed by atoms with Crippen LogP contribution >= 0.6 is 0 Å². The molecule has 0 aromatic heterocycles. The van der Waals surface area contributed by atoms with Crippen LogP contribution in [0.25, 0.3) is 0 Å². The molecule has 1 unspecified atom stereocenters. The van der Waals surface area contributed by atoms with Crippen molar-refractivity contribution in [2.75, 3.05) is 80.2 Å². The number of aliphatic hydroxyl groups excluding tert-OH is 1. The van der Waals surface area contributed by atoms with Gasteiger partial charge in [-0.25, -0.2) is 9.37 Å². The summed E-state index contributed by atoms with van der Waals surface area (Å²) in [4.78, 5) is 36.8. The molecule has 0 saturated carbocycles. The van der Waals surface area contributed by atoms with Crippen LogP contribution in [0.15, 0.2) is 4.99 Å². The van der Waals surface area contributed by atoms with Crippen LogP contribution in [0.1, 0.15) is 0 Å². The molecule has 10 heteroatoms. The summed E-state index contributed by atoms with van der Waals surface area (Å²) in [5, 5.41) is 9.08. The van der Waals surface area contributed by atoms with Gasteiger partial charge in [-0.1, -0.05) is 0 Å². The van der Waals surface area contributed by atoms with E-state index in [-0.39, 0.29) is 18.5 Å². The molecule has 2 saturated heterocycles. The van der Waals surface area contributed by atoms with E-state index < -0.39 is 6.04 Å². The van der Waals surface area contributed by atoms with Gasteiger partial charge in [0, 0.05) is 53.9 Å². The average Bonchev–Trinajstić information content (AvgIpc) is 3.03. The maximum absolute atomic E-state index is 12.7. The Balaban J connectivity index is 1.79.